The minimum atomic E-state index is 0.125. The Hall–Kier alpha value is -0.280. The van der Waals surface area contributed by atoms with E-state index in [9.17, 15) is 0 Å². The SMILES string of the molecule is CC(CO)CNC(C)c1cc(Cl)ccc1Cl. The van der Waals surface area contributed by atoms with Crippen molar-refractivity contribution in [1.29, 1.82) is 0 Å². The number of aliphatic hydroxyl groups is 1. The molecule has 1 rings (SSSR count). The van der Waals surface area contributed by atoms with Gasteiger partial charge in [-0.25, -0.2) is 0 Å². The van der Waals surface area contributed by atoms with Crippen LogP contribution in [-0.2, 0) is 0 Å². The summed E-state index contributed by atoms with van der Waals surface area (Å²) in [5.41, 5.74) is 0.985. The molecule has 4 heteroatoms. The molecule has 0 heterocycles. The van der Waals surface area contributed by atoms with Crippen LogP contribution in [0.15, 0.2) is 18.2 Å². The Labute approximate surface area is 107 Å². The number of benzene rings is 1. The van der Waals surface area contributed by atoms with Gasteiger partial charge in [-0.15, -0.1) is 0 Å². The molecular formula is C12H17Cl2NO. The van der Waals surface area contributed by atoms with Gasteiger partial charge in [0.25, 0.3) is 0 Å². The summed E-state index contributed by atoms with van der Waals surface area (Å²) in [6.45, 7) is 4.95. The zero-order valence-electron chi connectivity index (χ0n) is 9.50. The second kappa shape index (κ2) is 6.45. The standard InChI is InChI=1S/C12H17Cl2NO/c1-8(7-16)6-15-9(2)11-5-10(13)3-4-12(11)14/h3-5,8-9,15-16H,6-7H2,1-2H3. The Bertz CT molecular complexity index is 344. The maximum absolute atomic E-state index is 8.93. The third-order valence-electron chi connectivity index (χ3n) is 2.51. The molecule has 0 spiro atoms. The van der Waals surface area contributed by atoms with Gasteiger partial charge >= 0.3 is 0 Å². The molecule has 0 aliphatic rings. The first kappa shape index (κ1) is 13.8. The first-order valence-electron chi connectivity index (χ1n) is 5.33. The van der Waals surface area contributed by atoms with Gasteiger partial charge in [0.15, 0.2) is 0 Å². The predicted octanol–water partition coefficient (Wildman–Crippen LogP) is 3.27. The highest BCUT2D eigenvalue weighted by molar-refractivity contribution is 6.33. The Morgan fingerprint density at radius 3 is 2.62 bits per heavy atom. The fraction of sp³-hybridized carbons (Fsp3) is 0.500. The van der Waals surface area contributed by atoms with Crippen LogP contribution in [0.2, 0.25) is 10.0 Å². The third-order valence-corrected chi connectivity index (χ3v) is 3.09. The molecule has 0 radical (unpaired) electrons. The summed E-state index contributed by atoms with van der Waals surface area (Å²) in [5, 5.41) is 13.6. The molecule has 2 unspecified atom stereocenters. The van der Waals surface area contributed by atoms with E-state index in [0.29, 0.717) is 10.0 Å². The van der Waals surface area contributed by atoms with E-state index < -0.39 is 0 Å². The molecule has 2 nitrogen and oxygen atoms in total. The van der Waals surface area contributed by atoms with Crippen LogP contribution >= 0.6 is 23.2 Å². The van der Waals surface area contributed by atoms with Gasteiger partial charge < -0.3 is 10.4 Å². The Balaban J connectivity index is 2.65. The molecule has 16 heavy (non-hydrogen) atoms. The van der Waals surface area contributed by atoms with E-state index in [-0.39, 0.29) is 18.6 Å². The van der Waals surface area contributed by atoms with E-state index in [2.05, 4.69) is 5.32 Å². The second-order valence-electron chi connectivity index (χ2n) is 4.08. The van der Waals surface area contributed by atoms with Gasteiger partial charge in [0.05, 0.1) is 0 Å². The van der Waals surface area contributed by atoms with E-state index in [1.54, 1.807) is 12.1 Å². The highest BCUT2D eigenvalue weighted by atomic mass is 35.5. The van der Waals surface area contributed by atoms with Crippen LogP contribution in [0.5, 0.6) is 0 Å². The van der Waals surface area contributed by atoms with Gasteiger partial charge in [0.2, 0.25) is 0 Å². The molecule has 0 aliphatic carbocycles. The molecule has 0 saturated carbocycles. The summed E-state index contributed by atoms with van der Waals surface area (Å²) in [7, 11) is 0. The molecule has 0 fully saturated rings. The number of halogens is 2. The molecule has 0 aromatic heterocycles. The van der Waals surface area contributed by atoms with E-state index in [1.807, 2.05) is 19.9 Å². The van der Waals surface area contributed by atoms with Crippen molar-refractivity contribution in [1.82, 2.24) is 5.32 Å². The van der Waals surface area contributed by atoms with Gasteiger partial charge in [0.1, 0.15) is 0 Å². The van der Waals surface area contributed by atoms with Crippen molar-refractivity contribution in [3.63, 3.8) is 0 Å². The minimum Gasteiger partial charge on any atom is -0.396 e. The van der Waals surface area contributed by atoms with E-state index in [0.717, 1.165) is 12.1 Å². The normalized spacial score (nSPS) is 14.8. The molecule has 0 bridgehead atoms. The fourth-order valence-electron chi connectivity index (χ4n) is 1.40. The lowest BCUT2D eigenvalue weighted by atomic mass is 10.1. The highest BCUT2D eigenvalue weighted by Crippen LogP contribution is 2.26. The third kappa shape index (κ3) is 3.95. The summed E-state index contributed by atoms with van der Waals surface area (Å²) < 4.78 is 0. The highest BCUT2D eigenvalue weighted by Gasteiger charge is 2.10. The van der Waals surface area contributed by atoms with Crippen molar-refractivity contribution in [2.45, 2.75) is 19.9 Å². The van der Waals surface area contributed by atoms with Crippen LogP contribution in [-0.4, -0.2) is 18.3 Å². The first-order valence-corrected chi connectivity index (χ1v) is 6.09. The zero-order chi connectivity index (χ0) is 12.1. The summed E-state index contributed by atoms with van der Waals surface area (Å²) in [5.74, 6) is 0.236. The van der Waals surface area contributed by atoms with Crippen molar-refractivity contribution in [3.05, 3.63) is 33.8 Å². The summed E-state index contributed by atoms with van der Waals surface area (Å²) >= 11 is 12.0. The Morgan fingerprint density at radius 1 is 1.31 bits per heavy atom. The molecular weight excluding hydrogens is 245 g/mol. The van der Waals surface area contributed by atoms with Crippen molar-refractivity contribution < 1.29 is 5.11 Å². The van der Waals surface area contributed by atoms with Crippen LogP contribution in [0, 0.1) is 5.92 Å². The number of hydrogen-bond donors (Lipinski definition) is 2. The molecule has 0 amide bonds. The molecule has 90 valence electrons. The smallest absolute Gasteiger partial charge is 0.0468 e. The molecule has 0 saturated heterocycles. The number of aliphatic hydroxyl groups excluding tert-OH is 1. The maximum atomic E-state index is 8.93. The number of hydrogen-bond acceptors (Lipinski definition) is 2. The lowest BCUT2D eigenvalue weighted by Gasteiger charge is -2.18. The average Bonchev–Trinajstić information content (AvgIpc) is 2.28. The fourth-order valence-corrected chi connectivity index (χ4v) is 1.86. The van der Waals surface area contributed by atoms with Crippen LogP contribution in [0.1, 0.15) is 25.5 Å². The summed E-state index contributed by atoms with van der Waals surface area (Å²) in [6.07, 6.45) is 0. The number of nitrogens with one attached hydrogen (secondary N) is 1. The topological polar surface area (TPSA) is 32.3 Å². The maximum Gasteiger partial charge on any atom is 0.0468 e. The lowest BCUT2D eigenvalue weighted by molar-refractivity contribution is 0.231. The zero-order valence-corrected chi connectivity index (χ0v) is 11.0. The Kier molecular flexibility index (Phi) is 5.56. The monoisotopic (exact) mass is 261 g/mol. The van der Waals surface area contributed by atoms with Crippen molar-refractivity contribution in [2.75, 3.05) is 13.2 Å². The number of rotatable bonds is 5. The quantitative estimate of drug-likeness (QED) is 0.853. The van der Waals surface area contributed by atoms with Crippen molar-refractivity contribution >= 4 is 23.2 Å². The van der Waals surface area contributed by atoms with Crippen molar-refractivity contribution in [2.24, 2.45) is 5.92 Å². The molecule has 2 atom stereocenters. The summed E-state index contributed by atoms with van der Waals surface area (Å²) in [4.78, 5) is 0. The van der Waals surface area contributed by atoms with Crippen LogP contribution < -0.4 is 5.32 Å². The van der Waals surface area contributed by atoms with Crippen LogP contribution in [0.25, 0.3) is 0 Å². The minimum absolute atomic E-state index is 0.125. The van der Waals surface area contributed by atoms with E-state index in [1.165, 1.54) is 0 Å². The van der Waals surface area contributed by atoms with Gasteiger partial charge in [-0.3, -0.25) is 0 Å². The molecule has 1 aromatic rings. The first-order chi connectivity index (χ1) is 7.54. The molecule has 2 N–H and O–H groups in total. The van der Waals surface area contributed by atoms with Gasteiger partial charge in [0, 0.05) is 29.2 Å². The molecule has 1 aromatic carbocycles. The summed E-state index contributed by atoms with van der Waals surface area (Å²) in [6, 6.07) is 5.56. The largest absolute Gasteiger partial charge is 0.396 e. The molecule has 0 aliphatic heterocycles. The Morgan fingerprint density at radius 2 is 2.00 bits per heavy atom. The second-order valence-corrected chi connectivity index (χ2v) is 4.93. The van der Waals surface area contributed by atoms with E-state index in [4.69, 9.17) is 28.3 Å². The van der Waals surface area contributed by atoms with Crippen molar-refractivity contribution in [3.8, 4) is 0 Å². The predicted molar refractivity (Wildman–Crippen MR) is 69.1 cm³/mol. The van der Waals surface area contributed by atoms with Crippen LogP contribution in [0.4, 0.5) is 0 Å². The van der Waals surface area contributed by atoms with Gasteiger partial charge in [-0.05, 0) is 36.6 Å². The van der Waals surface area contributed by atoms with Gasteiger partial charge in [-0.1, -0.05) is 30.1 Å². The lowest BCUT2D eigenvalue weighted by Crippen LogP contribution is -2.26. The van der Waals surface area contributed by atoms with Gasteiger partial charge in [-0.2, -0.15) is 0 Å². The van der Waals surface area contributed by atoms with E-state index >= 15 is 0 Å². The van der Waals surface area contributed by atoms with Crippen LogP contribution in [0.3, 0.4) is 0 Å². The average molecular weight is 262 g/mol.